The second-order valence-corrected chi connectivity index (χ2v) is 5.60. The quantitative estimate of drug-likeness (QED) is 0.787. The minimum absolute atomic E-state index is 0.0218. The Kier molecular flexibility index (Phi) is 5.93. The molecule has 4 nitrogen and oxygen atoms in total. The van der Waals surface area contributed by atoms with E-state index < -0.39 is 0 Å². The van der Waals surface area contributed by atoms with Gasteiger partial charge in [0, 0.05) is 13.5 Å². The summed E-state index contributed by atoms with van der Waals surface area (Å²) in [6.07, 6.45) is 4.19. The van der Waals surface area contributed by atoms with Crippen LogP contribution < -0.4 is 10.6 Å². The van der Waals surface area contributed by atoms with Crippen molar-refractivity contribution >= 4 is 12.2 Å². The lowest BCUT2D eigenvalue weighted by atomic mass is 9.87. The number of hydrogen-bond acceptors (Lipinski definition) is 3. The van der Waals surface area contributed by atoms with E-state index in [0.717, 1.165) is 24.9 Å². The highest BCUT2D eigenvalue weighted by Crippen LogP contribution is 2.28. The predicted molar refractivity (Wildman–Crippen MR) is 83.4 cm³/mol. The fourth-order valence-corrected chi connectivity index (χ4v) is 3.01. The van der Waals surface area contributed by atoms with E-state index in [1.54, 1.807) is 7.05 Å². The van der Waals surface area contributed by atoms with Crippen molar-refractivity contribution in [3.05, 3.63) is 35.4 Å². The normalized spacial score (nSPS) is 17.2. The fraction of sp³-hybridized carbons (Fsp3) is 0.529. The summed E-state index contributed by atoms with van der Waals surface area (Å²) in [4.78, 5) is 22.5. The Morgan fingerprint density at radius 2 is 2.00 bits per heavy atom. The van der Waals surface area contributed by atoms with Crippen LogP contribution in [0.15, 0.2) is 24.3 Å². The van der Waals surface area contributed by atoms with Gasteiger partial charge in [0.1, 0.15) is 6.29 Å². The van der Waals surface area contributed by atoms with Crippen LogP contribution >= 0.6 is 0 Å². The molecule has 1 aliphatic rings. The van der Waals surface area contributed by atoms with E-state index >= 15 is 0 Å². The van der Waals surface area contributed by atoms with Gasteiger partial charge in [-0.25, -0.2) is 0 Å². The van der Waals surface area contributed by atoms with Crippen molar-refractivity contribution in [3.8, 4) is 0 Å². The number of hydrogen-bond donors (Lipinski definition) is 2. The summed E-state index contributed by atoms with van der Waals surface area (Å²) in [5.74, 6) is 0.363. The molecule has 0 saturated carbocycles. The van der Waals surface area contributed by atoms with Gasteiger partial charge in [-0.1, -0.05) is 24.3 Å². The fourth-order valence-electron chi connectivity index (χ4n) is 3.01. The number of piperidine rings is 1. The molecule has 0 aromatic heterocycles. The van der Waals surface area contributed by atoms with Crippen LogP contribution in [0.2, 0.25) is 0 Å². The van der Waals surface area contributed by atoms with Gasteiger partial charge in [-0.3, -0.25) is 4.79 Å². The lowest BCUT2D eigenvalue weighted by molar-refractivity contribution is -0.122. The van der Waals surface area contributed by atoms with Crippen LogP contribution in [0.4, 0.5) is 0 Å². The maximum Gasteiger partial charge on any atom is 0.227 e. The molecule has 1 saturated heterocycles. The molecule has 1 unspecified atom stereocenters. The Morgan fingerprint density at radius 1 is 1.33 bits per heavy atom. The number of nitrogens with one attached hydrogen (secondary N) is 2. The van der Waals surface area contributed by atoms with Gasteiger partial charge >= 0.3 is 0 Å². The highest BCUT2D eigenvalue weighted by atomic mass is 16.1. The monoisotopic (exact) mass is 288 g/mol. The zero-order valence-corrected chi connectivity index (χ0v) is 12.6. The lowest BCUT2D eigenvalue weighted by Crippen LogP contribution is -2.27. The SMILES string of the molecule is CNC(=O)C(CCC=O)c1ccc(C2CCNCC2)cc1. The predicted octanol–water partition coefficient (Wildman–Crippen LogP) is 1.96. The summed E-state index contributed by atoms with van der Waals surface area (Å²) >= 11 is 0. The van der Waals surface area contributed by atoms with Gasteiger partial charge in [0.2, 0.25) is 5.91 Å². The van der Waals surface area contributed by atoms with E-state index in [9.17, 15) is 9.59 Å². The van der Waals surface area contributed by atoms with Crippen LogP contribution in [0, 0.1) is 0 Å². The van der Waals surface area contributed by atoms with Crippen LogP contribution in [-0.2, 0) is 9.59 Å². The molecule has 1 aromatic carbocycles. The highest BCUT2D eigenvalue weighted by Gasteiger charge is 2.20. The number of rotatable bonds is 6. The zero-order valence-electron chi connectivity index (χ0n) is 12.6. The molecule has 114 valence electrons. The van der Waals surface area contributed by atoms with Crippen LogP contribution in [0.3, 0.4) is 0 Å². The first-order valence-electron chi connectivity index (χ1n) is 7.72. The van der Waals surface area contributed by atoms with Gasteiger partial charge in [-0.05, 0) is 49.4 Å². The standard InChI is InChI=1S/C17H24N2O2/c1-18-17(21)16(3-2-12-20)15-6-4-13(5-7-15)14-8-10-19-11-9-14/h4-7,12,14,16,19H,2-3,8-11H2,1H3,(H,18,21). The summed E-state index contributed by atoms with van der Waals surface area (Å²) in [5, 5.41) is 6.06. The summed E-state index contributed by atoms with van der Waals surface area (Å²) in [6, 6.07) is 8.37. The third kappa shape index (κ3) is 4.14. The molecular weight excluding hydrogens is 264 g/mol. The Hall–Kier alpha value is -1.68. The van der Waals surface area contributed by atoms with Crippen LogP contribution in [0.25, 0.3) is 0 Å². The van der Waals surface area contributed by atoms with Crippen LogP contribution in [0.5, 0.6) is 0 Å². The van der Waals surface area contributed by atoms with Gasteiger partial charge in [-0.15, -0.1) is 0 Å². The molecule has 1 atom stereocenters. The van der Waals surface area contributed by atoms with E-state index in [1.807, 2.05) is 12.1 Å². The maximum atomic E-state index is 12.0. The number of carbonyl (C=O) groups is 2. The molecule has 0 radical (unpaired) electrons. The smallest absolute Gasteiger partial charge is 0.227 e. The average molecular weight is 288 g/mol. The third-order valence-corrected chi connectivity index (χ3v) is 4.29. The van der Waals surface area contributed by atoms with Crippen molar-refractivity contribution < 1.29 is 9.59 Å². The van der Waals surface area contributed by atoms with E-state index in [1.165, 1.54) is 18.4 Å². The Bertz CT molecular complexity index is 464. The minimum atomic E-state index is -0.234. The Balaban J connectivity index is 2.10. The Labute approximate surface area is 126 Å². The third-order valence-electron chi connectivity index (χ3n) is 4.29. The molecule has 1 heterocycles. The van der Waals surface area contributed by atoms with Gasteiger partial charge < -0.3 is 15.4 Å². The topological polar surface area (TPSA) is 58.2 Å². The van der Waals surface area contributed by atoms with E-state index in [-0.39, 0.29) is 11.8 Å². The van der Waals surface area contributed by atoms with E-state index in [2.05, 4.69) is 22.8 Å². The molecule has 1 amide bonds. The van der Waals surface area contributed by atoms with Gasteiger partial charge in [0.15, 0.2) is 0 Å². The van der Waals surface area contributed by atoms with Crippen molar-refractivity contribution in [2.75, 3.05) is 20.1 Å². The van der Waals surface area contributed by atoms with Gasteiger partial charge in [0.05, 0.1) is 5.92 Å². The lowest BCUT2D eigenvalue weighted by Gasteiger charge is -2.23. The number of carbonyl (C=O) groups excluding carboxylic acids is 2. The summed E-state index contributed by atoms with van der Waals surface area (Å²) < 4.78 is 0. The van der Waals surface area contributed by atoms with E-state index in [0.29, 0.717) is 18.8 Å². The largest absolute Gasteiger partial charge is 0.359 e. The maximum absolute atomic E-state index is 12.0. The van der Waals surface area contributed by atoms with Crippen molar-refractivity contribution in [3.63, 3.8) is 0 Å². The first-order chi connectivity index (χ1) is 10.3. The average Bonchev–Trinajstić information content (AvgIpc) is 2.56. The molecule has 2 rings (SSSR count). The molecular formula is C17H24N2O2. The van der Waals surface area contributed by atoms with Crippen molar-refractivity contribution in [2.45, 2.75) is 37.5 Å². The molecule has 4 heteroatoms. The van der Waals surface area contributed by atoms with Crippen molar-refractivity contribution in [1.82, 2.24) is 10.6 Å². The van der Waals surface area contributed by atoms with Crippen LogP contribution in [0.1, 0.15) is 48.6 Å². The Morgan fingerprint density at radius 3 is 2.57 bits per heavy atom. The molecule has 0 bridgehead atoms. The summed E-state index contributed by atoms with van der Waals surface area (Å²) in [7, 11) is 1.64. The van der Waals surface area contributed by atoms with Crippen molar-refractivity contribution in [2.24, 2.45) is 0 Å². The molecule has 0 aliphatic carbocycles. The highest BCUT2D eigenvalue weighted by molar-refractivity contribution is 5.83. The van der Waals surface area contributed by atoms with E-state index in [4.69, 9.17) is 0 Å². The number of aldehydes is 1. The first-order valence-corrected chi connectivity index (χ1v) is 7.72. The molecule has 1 fully saturated rings. The molecule has 21 heavy (non-hydrogen) atoms. The van der Waals surface area contributed by atoms with Gasteiger partial charge in [-0.2, -0.15) is 0 Å². The van der Waals surface area contributed by atoms with Crippen molar-refractivity contribution in [1.29, 1.82) is 0 Å². The zero-order chi connectivity index (χ0) is 15.1. The first kappa shape index (κ1) is 15.7. The minimum Gasteiger partial charge on any atom is -0.359 e. The second-order valence-electron chi connectivity index (χ2n) is 5.60. The van der Waals surface area contributed by atoms with Gasteiger partial charge in [0.25, 0.3) is 0 Å². The number of amides is 1. The number of likely N-dealkylation sites (N-methyl/N-ethyl adjacent to an activating group) is 1. The van der Waals surface area contributed by atoms with Crippen LogP contribution in [-0.4, -0.2) is 32.3 Å². The summed E-state index contributed by atoms with van der Waals surface area (Å²) in [5.41, 5.74) is 2.35. The number of benzene rings is 1. The molecule has 1 aliphatic heterocycles. The molecule has 1 aromatic rings. The second kappa shape index (κ2) is 7.93. The molecule has 0 spiro atoms. The molecule has 2 N–H and O–H groups in total. The summed E-state index contributed by atoms with van der Waals surface area (Å²) in [6.45, 7) is 2.15.